The highest BCUT2D eigenvalue weighted by atomic mass is 16.2. The molecule has 0 saturated carbocycles. The van der Waals surface area contributed by atoms with Crippen LogP contribution < -0.4 is 21.9 Å². The molecule has 3 N–H and O–H groups in total. The van der Waals surface area contributed by atoms with Crippen molar-refractivity contribution < 1.29 is 4.79 Å². The summed E-state index contributed by atoms with van der Waals surface area (Å²) in [5, 5.41) is 0. The highest BCUT2D eigenvalue weighted by Crippen LogP contribution is 2.14. The number of nitrogen functional groups attached to an aromatic ring is 1. The number of aromatic amines is 1. The summed E-state index contributed by atoms with van der Waals surface area (Å²) >= 11 is 0. The van der Waals surface area contributed by atoms with Crippen LogP contribution in [0, 0.1) is 0 Å². The van der Waals surface area contributed by atoms with E-state index in [0.717, 1.165) is 15.0 Å². The number of carbonyl (C=O) groups excluding carboxylic acids is 1. The number of aromatic nitrogens is 2. The first kappa shape index (κ1) is 15.3. The van der Waals surface area contributed by atoms with Gasteiger partial charge >= 0.3 is 5.69 Å². The smallest absolute Gasteiger partial charge is 0.329 e. The summed E-state index contributed by atoms with van der Waals surface area (Å²) in [6, 6.07) is 9.26. The zero-order valence-electron chi connectivity index (χ0n) is 12.2. The van der Waals surface area contributed by atoms with Crippen LogP contribution in [0.3, 0.4) is 0 Å². The molecule has 7 nitrogen and oxygen atoms in total. The van der Waals surface area contributed by atoms with Gasteiger partial charge in [0.25, 0.3) is 11.5 Å². The lowest BCUT2D eigenvalue weighted by Gasteiger charge is -2.17. The first-order valence-corrected chi connectivity index (χ1v) is 6.51. The molecule has 1 aromatic heterocycles. The maximum Gasteiger partial charge on any atom is 0.329 e. The number of likely N-dealkylation sites (N-methyl/N-ethyl adjacent to an activating group) is 1. The highest BCUT2D eigenvalue weighted by molar-refractivity contribution is 6.04. The lowest BCUT2D eigenvalue weighted by molar-refractivity contribution is -0.113. The minimum Gasteiger partial charge on any atom is -0.383 e. The topological polar surface area (TPSA) is 101 Å². The van der Waals surface area contributed by atoms with Crippen LogP contribution in [-0.2, 0) is 11.8 Å². The second-order valence-electron chi connectivity index (χ2n) is 4.69. The molecule has 2 aromatic rings. The molecule has 0 fully saturated rings. The largest absolute Gasteiger partial charge is 0.383 e. The van der Waals surface area contributed by atoms with Crippen LogP contribution in [0.15, 0.2) is 46.0 Å². The first-order valence-electron chi connectivity index (χ1n) is 6.51. The van der Waals surface area contributed by atoms with Gasteiger partial charge in [0.2, 0.25) is 0 Å². The maximum atomic E-state index is 12.2. The Kier molecular flexibility index (Phi) is 4.26. The summed E-state index contributed by atoms with van der Waals surface area (Å²) in [6.45, 7) is 0. The van der Waals surface area contributed by atoms with Crippen molar-refractivity contribution in [3.8, 4) is 0 Å². The van der Waals surface area contributed by atoms with Gasteiger partial charge in [0, 0.05) is 20.2 Å². The van der Waals surface area contributed by atoms with Crippen LogP contribution in [0.1, 0.15) is 5.56 Å². The highest BCUT2D eigenvalue weighted by Gasteiger charge is 2.18. The SMILES string of the molecule is CN(C(=O)/C=C/c1ccccc1)c1c(N)n(C)c(=O)[nH]c1=O. The molecule has 0 spiro atoms. The van der Waals surface area contributed by atoms with Gasteiger partial charge in [-0.3, -0.25) is 19.1 Å². The molecule has 0 radical (unpaired) electrons. The summed E-state index contributed by atoms with van der Waals surface area (Å²) < 4.78 is 1.07. The summed E-state index contributed by atoms with van der Waals surface area (Å²) in [7, 11) is 2.83. The van der Waals surface area contributed by atoms with Gasteiger partial charge in [0.05, 0.1) is 0 Å². The third kappa shape index (κ3) is 2.98. The Balaban J connectivity index is 2.33. The van der Waals surface area contributed by atoms with E-state index in [1.54, 1.807) is 6.08 Å². The molecule has 1 aromatic carbocycles. The van der Waals surface area contributed by atoms with E-state index >= 15 is 0 Å². The van der Waals surface area contributed by atoms with Gasteiger partial charge in [-0.05, 0) is 11.6 Å². The molecule has 0 aliphatic carbocycles. The van der Waals surface area contributed by atoms with Gasteiger partial charge < -0.3 is 10.6 Å². The van der Waals surface area contributed by atoms with Crippen LogP contribution in [0.2, 0.25) is 0 Å². The standard InChI is InChI=1S/C15H16N4O3/c1-18(11(20)9-8-10-6-4-3-5-7-10)12-13(16)19(2)15(22)17-14(12)21/h3-9H,16H2,1-2H3,(H,17,21,22)/b9-8+. The van der Waals surface area contributed by atoms with Gasteiger partial charge in [-0.1, -0.05) is 30.3 Å². The molecule has 114 valence electrons. The van der Waals surface area contributed by atoms with E-state index in [2.05, 4.69) is 4.98 Å². The Morgan fingerprint density at radius 2 is 1.91 bits per heavy atom. The van der Waals surface area contributed by atoms with Crippen LogP contribution in [-0.4, -0.2) is 22.5 Å². The Morgan fingerprint density at radius 1 is 1.27 bits per heavy atom. The van der Waals surface area contributed by atoms with Crippen LogP contribution in [0.25, 0.3) is 6.08 Å². The van der Waals surface area contributed by atoms with Crippen molar-refractivity contribution >= 4 is 23.5 Å². The first-order chi connectivity index (χ1) is 10.4. The maximum absolute atomic E-state index is 12.2. The average molecular weight is 300 g/mol. The Hall–Kier alpha value is -3.09. The van der Waals surface area contributed by atoms with Crippen molar-refractivity contribution in [1.29, 1.82) is 0 Å². The van der Waals surface area contributed by atoms with E-state index in [1.165, 1.54) is 20.2 Å². The molecular formula is C15H16N4O3. The molecule has 1 amide bonds. The number of anilines is 2. The number of benzene rings is 1. The van der Waals surface area contributed by atoms with Gasteiger partial charge in [0.15, 0.2) is 5.69 Å². The predicted octanol–water partition coefficient (Wildman–Crippen LogP) is 0.332. The number of nitrogens with one attached hydrogen (secondary N) is 1. The summed E-state index contributed by atoms with van der Waals surface area (Å²) in [6.07, 6.45) is 2.96. The molecule has 1 heterocycles. The number of rotatable bonds is 3. The van der Waals surface area contributed by atoms with Crippen molar-refractivity contribution in [2.45, 2.75) is 0 Å². The summed E-state index contributed by atoms with van der Waals surface area (Å²) in [4.78, 5) is 38.7. The van der Waals surface area contributed by atoms with Gasteiger partial charge in [-0.2, -0.15) is 0 Å². The summed E-state index contributed by atoms with van der Waals surface area (Å²) in [5.74, 6) is -0.502. The fraction of sp³-hybridized carbons (Fsp3) is 0.133. The normalized spacial score (nSPS) is 10.8. The van der Waals surface area contributed by atoms with E-state index in [0.29, 0.717) is 0 Å². The lowest BCUT2D eigenvalue weighted by atomic mass is 10.2. The molecule has 0 unspecified atom stereocenters. The quantitative estimate of drug-likeness (QED) is 0.798. The number of hydrogen-bond acceptors (Lipinski definition) is 4. The van der Waals surface area contributed by atoms with E-state index in [-0.39, 0.29) is 11.5 Å². The molecule has 0 bridgehead atoms. The fourth-order valence-corrected chi connectivity index (χ4v) is 1.90. The third-order valence-corrected chi connectivity index (χ3v) is 3.23. The van der Waals surface area contributed by atoms with E-state index in [1.807, 2.05) is 30.3 Å². The van der Waals surface area contributed by atoms with Crippen molar-refractivity contribution in [2.24, 2.45) is 7.05 Å². The van der Waals surface area contributed by atoms with Crippen molar-refractivity contribution in [3.05, 3.63) is 62.8 Å². The predicted molar refractivity (Wildman–Crippen MR) is 85.6 cm³/mol. The number of H-pyrrole nitrogens is 1. The second-order valence-corrected chi connectivity index (χ2v) is 4.69. The molecule has 2 rings (SSSR count). The molecule has 7 heteroatoms. The van der Waals surface area contributed by atoms with Crippen molar-refractivity contribution in [2.75, 3.05) is 17.7 Å². The number of nitrogens with two attached hydrogens (primary N) is 1. The van der Waals surface area contributed by atoms with Crippen molar-refractivity contribution in [1.82, 2.24) is 9.55 Å². The zero-order valence-corrected chi connectivity index (χ0v) is 12.2. The number of hydrogen-bond donors (Lipinski definition) is 2. The zero-order chi connectivity index (χ0) is 16.3. The van der Waals surface area contributed by atoms with Gasteiger partial charge in [0.1, 0.15) is 5.82 Å². The van der Waals surface area contributed by atoms with E-state index in [9.17, 15) is 14.4 Å². The molecule has 0 aliphatic rings. The van der Waals surface area contributed by atoms with E-state index in [4.69, 9.17) is 5.73 Å². The van der Waals surface area contributed by atoms with E-state index < -0.39 is 17.2 Å². The molecular weight excluding hydrogens is 284 g/mol. The Labute approximate surface area is 126 Å². The van der Waals surface area contributed by atoms with Gasteiger partial charge in [-0.15, -0.1) is 0 Å². The Morgan fingerprint density at radius 3 is 2.55 bits per heavy atom. The second kappa shape index (κ2) is 6.13. The van der Waals surface area contributed by atoms with Crippen LogP contribution in [0.4, 0.5) is 11.5 Å². The monoisotopic (exact) mass is 300 g/mol. The minimum atomic E-state index is -0.704. The minimum absolute atomic E-state index is 0.0650. The molecule has 0 aliphatic heterocycles. The average Bonchev–Trinajstić information content (AvgIpc) is 2.51. The van der Waals surface area contributed by atoms with Crippen LogP contribution >= 0.6 is 0 Å². The Bertz CT molecular complexity index is 834. The number of nitrogens with zero attached hydrogens (tertiary/aromatic N) is 2. The third-order valence-electron chi connectivity index (χ3n) is 3.23. The number of carbonyl (C=O) groups is 1. The lowest BCUT2D eigenvalue weighted by Crippen LogP contribution is -2.37. The van der Waals surface area contributed by atoms with Gasteiger partial charge in [-0.25, -0.2) is 4.79 Å². The summed E-state index contributed by atoms with van der Waals surface area (Å²) in [5.41, 5.74) is 5.21. The molecule has 0 atom stereocenters. The number of amides is 1. The fourth-order valence-electron chi connectivity index (χ4n) is 1.90. The van der Waals surface area contributed by atoms with Crippen LogP contribution in [0.5, 0.6) is 0 Å². The molecule has 22 heavy (non-hydrogen) atoms. The van der Waals surface area contributed by atoms with Crippen molar-refractivity contribution in [3.63, 3.8) is 0 Å². The molecule has 0 saturated heterocycles.